The van der Waals surface area contributed by atoms with E-state index in [4.69, 9.17) is 4.42 Å². The fraction of sp³-hybridized carbons (Fsp3) is 0.227. The number of carbonyl (C=O) groups excluding carboxylic acids is 1. The van der Waals surface area contributed by atoms with Crippen molar-refractivity contribution in [3.05, 3.63) is 82.6 Å². The van der Waals surface area contributed by atoms with Crippen molar-refractivity contribution in [2.24, 2.45) is 0 Å². The van der Waals surface area contributed by atoms with E-state index in [0.29, 0.717) is 24.5 Å². The number of H-pyrrole nitrogens is 1. The predicted octanol–water partition coefficient (Wildman–Crippen LogP) is 2.50. The molecule has 1 aromatic carbocycles. The number of aromatic amines is 1. The van der Waals surface area contributed by atoms with E-state index in [9.17, 15) is 9.59 Å². The molecular weight excluding hydrogens is 368 g/mol. The molecule has 1 amide bonds. The van der Waals surface area contributed by atoms with Crippen molar-refractivity contribution in [3.8, 4) is 11.5 Å². The molecule has 7 heteroatoms. The van der Waals surface area contributed by atoms with E-state index in [1.807, 2.05) is 18.2 Å². The van der Waals surface area contributed by atoms with Crippen molar-refractivity contribution < 1.29 is 9.21 Å². The molecule has 0 aliphatic carbocycles. The fourth-order valence-corrected chi connectivity index (χ4v) is 3.33. The molecule has 1 fully saturated rings. The summed E-state index contributed by atoms with van der Waals surface area (Å²) in [5.41, 5.74) is 1.20. The van der Waals surface area contributed by atoms with Crippen LogP contribution in [0.1, 0.15) is 16.1 Å². The number of carbonyl (C=O) groups is 1. The molecule has 1 aliphatic rings. The number of rotatable bonds is 5. The standard InChI is InChI=1S/C22H22N4O3/c27-21(19-16-18(23-22(28)24-19)20-9-5-15-29-20)26-13-11-25(12-14-26)10-4-8-17-6-2-1-3-7-17/h1-9,15-16H,10-14H2,(H,23,24,28)/b8-4+. The number of aromatic nitrogens is 2. The Bertz CT molecular complexity index is 1030. The van der Waals surface area contributed by atoms with Gasteiger partial charge in [-0.3, -0.25) is 9.69 Å². The summed E-state index contributed by atoms with van der Waals surface area (Å²) in [7, 11) is 0. The number of nitrogens with zero attached hydrogens (tertiary/aromatic N) is 3. The topological polar surface area (TPSA) is 82.4 Å². The molecule has 0 atom stereocenters. The first-order valence-corrected chi connectivity index (χ1v) is 9.57. The molecule has 0 spiro atoms. The van der Waals surface area contributed by atoms with Gasteiger partial charge >= 0.3 is 5.69 Å². The molecule has 1 N–H and O–H groups in total. The fourth-order valence-electron chi connectivity index (χ4n) is 3.33. The quantitative estimate of drug-likeness (QED) is 0.724. The molecule has 0 unspecified atom stereocenters. The highest BCUT2D eigenvalue weighted by Crippen LogP contribution is 2.17. The highest BCUT2D eigenvalue weighted by Gasteiger charge is 2.23. The number of hydrogen-bond donors (Lipinski definition) is 1. The summed E-state index contributed by atoms with van der Waals surface area (Å²) in [6, 6.07) is 15.2. The number of benzene rings is 1. The first kappa shape index (κ1) is 18.9. The third-order valence-electron chi connectivity index (χ3n) is 4.88. The van der Waals surface area contributed by atoms with Crippen LogP contribution in [0.4, 0.5) is 0 Å². The van der Waals surface area contributed by atoms with E-state index in [2.05, 4.69) is 39.2 Å². The highest BCUT2D eigenvalue weighted by molar-refractivity contribution is 5.93. The summed E-state index contributed by atoms with van der Waals surface area (Å²) in [4.78, 5) is 35.2. The van der Waals surface area contributed by atoms with Gasteiger partial charge in [-0.2, -0.15) is 4.98 Å². The molecule has 1 saturated heterocycles. The summed E-state index contributed by atoms with van der Waals surface area (Å²) >= 11 is 0. The number of furan rings is 1. The van der Waals surface area contributed by atoms with Gasteiger partial charge in [0.1, 0.15) is 11.5 Å². The van der Waals surface area contributed by atoms with Gasteiger partial charge in [0, 0.05) is 32.7 Å². The summed E-state index contributed by atoms with van der Waals surface area (Å²) < 4.78 is 5.30. The largest absolute Gasteiger partial charge is 0.463 e. The number of amides is 1. The van der Waals surface area contributed by atoms with Gasteiger partial charge in [-0.1, -0.05) is 42.5 Å². The van der Waals surface area contributed by atoms with Gasteiger partial charge in [0.25, 0.3) is 5.91 Å². The Morgan fingerprint density at radius 3 is 2.62 bits per heavy atom. The minimum Gasteiger partial charge on any atom is -0.463 e. The van der Waals surface area contributed by atoms with E-state index < -0.39 is 5.69 Å². The highest BCUT2D eigenvalue weighted by atomic mass is 16.3. The van der Waals surface area contributed by atoms with Gasteiger partial charge in [0.2, 0.25) is 0 Å². The maximum atomic E-state index is 12.8. The average molecular weight is 390 g/mol. The van der Waals surface area contributed by atoms with Crippen LogP contribution in [-0.2, 0) is 0 Å². The van der Waals surface area contributed by atoms with E-state index in [-0.39, 0.29) is 11.6 Å². The van der Waals surface area contributed by atoms with Crippen LogP contribution in [0.3, 0.4) is 0 Å². The smallest absolute Gasteiger partial charge is 0.346 e. The van der Waals surface area contributed by atoms with Gasteiger partial charge in [0.05, 0.1) is 12.0 Å². The lowest BCUT2D eigenvalue weighted by Gasteiger charge is -2.34. The summed E-state index contributed by atoms with van der Waals surface area (Å²) in [5, 5.41) is 0. The van der Waals surface area contributed by atoms with Crippen LogP contribution in [-0.4, -0.2) is 58.4 Å². The SMILES string of the molecule is O=C(c1cc(-c2ccco2)[nH]c(=O)n1)N1CCN(C/C=C/c2ccccc2)CC1. The van der Waals surface area contributed by atoms with Crippen LogP contribution in [0.2, 0.25) is 0 Å². The zero-order valence-corrected chi connectivity index (χ0v) is 16.0. The van der Waals surface area contributed by atoms with E-state index in [1.54, 1.807) is 23.1 Å². The molecule has 1 aliphatic heterocycles. The van der Waals surface area contributed by atoms with Crippen molar-refractivity contribution in [2.75, 3.05) is 32.7 Å². The maximum absolute atomic E-state index is 12.8. The van der Waals surface area contributed by atoms with Crippen LogP contribution >= 0.6 is 0 Å². The molecule has 3 aromatic rings. The molecule has 3 heterocycles. The zero-order valence-electron chi connectivity index (χ0n) is 16.0. The van der Waals surface area contributed by atoms with Crippen LogP contribution in [0.15, 0.2) is 70.1 Å². The van der Waals surface area contributed by atoms with E-state index in [0.717, 1.165) is 19.6 Å². The van der Waals surface area contributed by atoms with Crippen molar-refractivity contribution in [3.63, 3.8) is 0 Å². The molecule has 4 rings (SSSR count). The van der Waals surface area contributed by atoms with Gasteiger partial charge in [0.15, 0.2) is 0 Å². The first-order chi connectivity index (χ1) is 14.2. The maximum Gasteiger partial charge on any atom is 0.346 e. The summed E-state index contributed by atoms with van der Waals surface area (Å²) in [5.74, 6) is 0.261. The van der Waals surface area contributed by atoms with Crippen molar-refractivity contribution in [1.29, 1.82) is 0 Å². The Morgan fingerprint density at radius 2 is 1.90 bits per heavy atom. The molecule has 148 valence electrons. The lowest BCUT2D eigenvalue weighted by atomic mass is 10.2. The van der Waals surface area contributed by atoms with E-state index in [1.165, 1.54) is 11.8 Å². The van der Waals surface area contributed by atoms with Crippen LogP contribution in [0.5, 0.6) is 0 Å². The second kappa shape index (κ2) is 8.70. The summed E-state index contributed by atoms with van der Waals surface area (Å²) in [6.45, 7) is 3.59. The average Bonchev–Trinajstić information content (AvgIpc) is 3.29. The minimum atomic E-state index is -0.563. The number of hydrogen-bond acceptors (Lipinski definition) is 5. The molecule has 29 heavy (non-hydrogen) atoms. The number of piperazine rings is 1. The van der Waals surface area contributed by atoms with Gasteiger partial charge in [-0.25, -0.2) is 4.79 Å². The monoisotopic (exact) mass is 390 g/mol. The van der Waals surface area contributed by atoms with E-state index >= 15 is 0 Å². The minimum absolute atomic E-state index is 0.137. The van der Waals surface area contributed by atoms with Crippen molar-refractivity contribution in [2.45, 2.75) is 0 Å². The zero-order chi connectivity index (χ0) is 20.1. The Balaban J connectivity index is 1.36. The molecule has 0 saturated carbocycles. The predicted molar refractivity (Wildman–Crippen MR) is 110 cm³/mol. The molecule has 2 aromatic heterocycles. The van der Waals surface area contributed by atoms with Crippen LogP contribution < -0.4 is 5.69 Å². The Morgan fingerprint density at radius 1 is 1.10 bits per heavy atom. The third-order valence-corrected chi connectivity index (χ3v) is 4.88. The Kier molecular flexibility index (Phi) is 5.67. The number of nitrogens with one attached hydrogen (secondary N) is 1. The lowest BCUT2D eigenvalue weighted by molar-refractivity contribution is 0.0644. The molecule has 7 nitrogen and oxygen atoms in total. The second-order valence-corrected chi connectivity index (χ2v) is 6.87. The van der Waals surface area contributed by atoms with Gasteiger partial charge in [-0.15, -0.1) is 0 Å². The van der Waals surface area contributed by atoms with Gasteiger partial charge < -0.3 is 14.3 Å². The normalized spacial score (nSPS) is 15.1. The van der Waals surface area contributed by atoms with Crippen molar-refractivity contribution >= 4 is 12.0 Å². The summed E-state index contributed by atoms with van der Waals surface area (Å²) in [6.07, 6.45) is 5.76. The molecule has 0 radical (unpaired) electrons. The van der Waals surface area contributed by atoms with Gasteiger partial charge in [-0.05, 0) is 23.8 Å². The lowest BCUT2D eigenvalue weighted by Crippen LogP contribution is -2.49. The second-order valence-electron chi connectivity index (χ2n) is 6.87. The van der Waals surface area contributed by atoms with Crippen LogP contribution in [0, 0.1) is 0 Å². The van der Waals surface area contributed by atoms with Crippen molar-refractivity contribution in [1.82, 2.24) is 19.8 Å². The van der Waals surface area contributed by atoms with Crippen LogP contribution in [0.25, 0.3) is 17.5 Å². The molecule has 0 bridgehead atoms. The third kappa shape index (κ3) is 4.70. The Hall–Kier alpha value is -3.45. The molecular formula is C22H22N4O3. The first-order valence-electron chi connectivity index (χ1n) is 9.57. The Labute approximate surface area is 168 Å².